The zero-order valence-corrected chi connectivity index (χ0v) is 17.6. The second-order valence-corrected chi connectivity index (χ2v) is 7.68. The fourth-order valence-electron chi connectivity index (χ4n) is 2.96. The molecule has 0 aliphatic carbocycles. The van der Waals surface area contributed by atoms with Crippen LogP contribution in [0.5, 0.6) is 0 Å². The van der Waals surface area contributed by atoms with Gasteiger partial charge in [0.05, 0.1) is 6.04 Å². The van der Waals surface area contributed by atoms with Gasteiger partial charge >= 0.3 is 0 Å². The summed E-state index contributed by atoms with van der Waals surface area (Å²) >= 11 is 8.87. The van der Waals surface area contributed by atoms with Crippen molar-refractivity contribution in [2.45, 2.75) is 32.9 Å². The Morgan fingerprint density at radius 2 is 2.07 bits per heavy atom. The minimum absolute atomic E-state index is 0.0310. The minimum atomic E-state index is -0.0818. The summed E-state index contributed by atoms with van der Waals surface area (Å²) in [4.78, 5) is 12.4. The summed E-state index contributed by atoms with van der Waals surface area (Å²) in [6, 6.07) is 15.9. The Morgan fingerprint density at radius 1 is 1.30 bits per heavy atom. The summed E-state index contributed by atoms with van der Waals surface area (Å²) in [6.07, 6.45) is 0.321. The average molecular weight is 445 g/mol. The molecule has 0 spiro atoms. The molecule has 0 fully saturated rings. The SMILES string of the molecule is Cc1cccc(-c2n[nH]c(=S)n2CCC(=O)N[C@@H](C)c2ccccc2Br)c1. The molecule has 5 nitrogen and oxygen atoms in total. The van der Waals surface area contributed by atoms with Gasteiger partial charge in [-0.2, -0.15) is 5.10 Å². The van der Waals surface area contributed by atoms with Gasteiger partial charge in [-0.25, -0.2) is 0 Å². The minimum Gasteiger partial charge on any atom is -0.349 e. The maximum absolute atomic E-state index is 12.4. The van der Waals surface area contributed by atoms with Crippen LogP contribution in [0.15, 0.2) is 53.0 Å². The molecule has 1 aromatic heterocycles. The Hall–Kier alpha value is -2.25. The molecule has 1 atom stereocenters. The number of aromatic amines is 1. The lowest BCUT2D eigenvalue weighted by atomic mass is 10.1. The first-order chi connectivity index (χ1) is 13.0. The summed E-state index contributed by atoms with van der Waals surface area (Å²) < 4.78 is 3.36. The summed E-state index contributed by atoms with van der Waals surface area (Å²) in [7, 11) is 0. The van der Waals surface area contributed by atoms with Crippen LogP contribution in [0.2, 0.25) is 0 Å². The van der Waals surface area contributed by atoms with Gasteiger partial charge in [0.2, 0.25) is 5.91 Å². The number of aromatic nitrogens is 3. The molecule has 0 unspecified atom stereocenters. The quantitative estimate of drug-likeness (QED) is 0.528. The maximum atomic E-state index is 12.4. The van der Waals surface area contributed by atoms with E-state index >= 15 is 0 Å². The second kappa shape index (κ2) is 8.63. The number of carbonyl (C=O) groups excluding carboxylic acids is 1. The van der Waals surface area contributed by atoms with Crippen LogP contribution in [0.1, 0.15) is 30.5 Å². The highest BCUT2D eigenvalue weighted by molar-refractivity contribution is 9.10. The first kappa shape index (κ1) is 19.5. The van der Waals surface area contributed by atoms with Gasteiger partial charge in [-0.05, 0) is 43.8 Å². The summed E-state index contributed by atoms with van der Waals surface area (Å²) in [5.74, 6) is 0.715. The number of H-pyrrole nitrogens is 1. The van der Waals surface area contributed by atoms with E-state index in [-0.39, 0.29) is 11.9 Å². The molecule has 3 aromatic rings. The molecule has 2 aromatic carbocycles. The van der Waals surface area contributed by atoms with Crippen LogP contribution in [-0.2, 0) is 11.3 Å². The summed E-state index contributed by atoms with van der Waals surface area (Å²) in [5.41, 5.74) is 3.17. The molecule has 140 valence electrons. The molecule has 7 heteroatoms. The van der Waals surface area contributed by atoms with Crippen molar-refractivity contribution in [3.63, 3.8) is 0 Å². The topological polar surface area (TPSA) is 62.7 Å². The number of nitrogens with one attached hydrogen (secondary N) is 2. The van der Waals surface area contributed by atoms with Crippen molar-refractivity contribution in [3.05, 3.63) is 68.9 Å². The molecular formula is C20H21BrN4OS. The zero-order valence-electron chi connectivity index (χ0n) is 15.2. The lowest BCUT2D eigenvalue weighted by Gasteiger charge is -2.16. The van der Waals surface area contributed by atoms with E-state index < -0.39 is 0 Å². The number of amides is 1. The number of hydrogen-bond acceptors (Lipinski definition) is 3. The van der Waals surface area contributed by atoms with Crippen molar-refractivity contribution < 1.29 is 4.79 Å². The van der Waals surface area contributed by atoms with Gasteiger partial charge in [0.1, 0.15) is 0 Å². The third-order valence-electron chi connectivity index (χ3n) is 4.35. The predicted octanol–water partition coefficient (Wildman–Crippen LogP) is 4.95. The predicted molar refractivity (Wildman–Crippen MR) is 113 cm³/mol. The highest BCUT2D eigenvalue weighted by Crippen LogP contribution is 2.23. The standard InChI is InChI=1S/C20H21BrN4OS/c1-13-6-5-7-15(12-13)19-23-24-20(27)25(19)11-10-18(26)22-14(2)16-8-3-4-9-17(16)21/h3-9,12,14H,10-11H2,1-2H3,(H,22,26)(H,24,27)/t14-/m0/s1. The van der Waals surface area contributed by atoms with Crippen LogP contribution in [0.3, 0.4) is 0 Å². The molecule has 0 radical (unpaired) electrons. The normalized spacial score (nSPS) is 12.0. The Bertz CT molecular complexity index is 1010. The molecule has 1 heterocycles. The lowest BCUT2D eigenvalue weighted by molar-refractivity contribution is -0.121. The molecule has 0 aliphatic rings. The molecule has 27 heavy (non-hydrogen) atoms. The van der Waals surface area contributed by atoms with Crippen LogP contribution in [0.4, 0.5) is 0 Å². The van der Waals surface area contributed by atoms with Crippen molar-refractivity contribution in [1.82, 2.24) is 20.1 Å². The number of hydrogen-bond donors (Lipinski definition) is 2. The van der Waals surface area contributed by atoms with E-state index in [9.17, 15) is 4.79 Å². The van der Waals surface area contributed by atoms with Crippen molar-refractivity contribution in [2.75, 3.05) is 0 Å². The molecular weight excluding hydrogens is 424 g/mol. The number of rotatable bonds is 6. The van der Waals surface area contributed by atoms with E-state index in [0.29, 0.717) is 17.7 Å². The van der Waals surface area contributed by atoms with Crippen LogP contribution in [0, 0.1) is 11.7 Å². The van der Waals surface area contributed by atoms with Gasteiger partial charge in [0, 0.05) is 23.0 Å². The molecule has 0 saturated carbocycles. The largest absolute Gasteiger partial charge is 0.349 e. The second-order valence-electron chi connectivity index (χ2n) is 6.43. The maximum Gasteiger partial charge on any atom is 0.222 e. The third kappa shape index (κ3) is 4.73. The van der Waals surface area contributed by atoms with Gasteiger partial charge < -0.3 is 5.32 Å². The van der Waals surface area contributed by atoms with E-state index in [2.05, 4.69) is 37.5 Å². The first-order valence-electron chi connectivity index (χ1n) is 8.71. The highest BCUT2D eigenvalue weighted by Gasteiger charge is 2.14. The monoisotopic (exact) mass is 444 g/mol. The fourth-order valence-corrected chi connectivity index (χ4v) is 3.81. The van der Waals surface area contributed by atoms with E-state index in [1.54, 1.807) is 0 Å². The van der Waals surface area contributed by atoms with Crippen LogP contribution in [0.25, 0.3) is 11.4 Å². The molecule has 0 saturated heterocycles. The third-order valence-corrected chi connectivity index (χ3v) is 5.38. The number of carbonyl (C=O) groups is 1. The van der Waals surface area contributed by atoms with Gasteiger partial charge in [-0.15, -0.1) is 0 Å². The lowest BCUT2D eigenvalue weighted by Crippen LogP contribution is -2.27. The van der Waals surface area contributed by atoms with Gasteiger partial charge in [-0.3, -0.25) is 14.5 Å². The number of aryl methyl sites for hydroxylation is 1. The van der Waals surface area contributed by atoms with Crippen LogP contribution in [-0.4, -0.2) is 20.7 Å². The molecule has 3 rings (SSSR count). The Kier molecular flexibility index (Phi) is 6.23. The van der Waals surface area contributed by atoms with Gasteiger partial charge in [-0.1, -0.05) is 57.9 Å². The van der Waals surface area contributed by atoms with Gasteiger partial charge in [0.25, 0.3) is 0 Å². The molecule has 2 N–H and O–H groups in total. The highest BCUT2D eigenvalue weighted by atomic mass is 79.9. The van der Waals surface area contributed by atoms with Crippen molar-refractivity contribution in [3.8, 4) is 11.4 Å². The fraction of sp³-hybridized carbons (Fsp3) is 0.250. The molecule has 0 bridgehead atoms. The Labute approximate surface area is 171 Å². The van der Waals surface area contributed by atoms with Crippen molar-refractivity contribution >= 4 is 34.1 Å². The number of benzene rings is 2. The van der Waals surface area contributed by atoms with E-state index in [0.717, 1.165) is 27.0 Å². The Balaban J connectivity index is 1.69. The van der Waals surface area contributed by atoms with Crippen molar-refractivity contribution in [1.29, 1.82) is 0 Å². The Morgan fingerprint density at radius 3 is 2.81 bits per heavy atom. The smallest absolute Gasteiger partial charge is 0.222 e. The molecule has 0 aliphatic heterocycles. The van der Waals surface area contributed by atoms with Crippen LogP contribution < -0.4 is 5.32 Å². The number of nitrogens with zero attached hydrogens (tertiary/aromatic N) is 2. The first-order valence-corrected chi connectivity index (χ1v) is 9.92. The summed E-state index contributed by atoms with van der Waals surface area (Å²) in [5, 5.41) is 10.2. The molecule has 1 amide bonds. The average Bonchev–Trinajstić information content (AvgIpc) is 3.01. The van der Waals surface area contributed by atoms with E-state index in [1.807, 2.05) is 60.9 Å². The zero-order chi connectivity index (χ0) is 19.4. The van der Waals surface area contributed by atoms with E-state index in [4.69, 9.17) is 12.2 Å². The van der Waals surface area contributed by atoms with Crippen molar-refractivity contribution in [2.24, 2.45) is 0 Å². The van der Waals surface area contributed by atoms with E-state index in [1.165, 1.54) is 0 Å². The van der Waals surface area contributed by atoms with Crippen LogP contribution >= 0.6 is 28.1 Å². The summed E-state index contributed by atoms with van der Waals surface area (Å²) in [6.45, 7) is 4.47. The number of halogens is 1. The van der Waals surface area contributed by atoms with Gasteiger partial charge in [0.15, 0.2) is 10.6 Å².